The minimum Gasteiger partial charge on any atom is -0.494 e. The van der Waals surface area contributed by atoms with Crippen molar-refractivity contribution in [3.05, 3.63) is 60.2 Å². The molecule has 1 N–H and O–H groups in total. The number of carbonyl (C=O) groups is 1. The standard InChI is InChI=1S/C24H32N2O3/c1-2-3-16-29-23-13-11-22(12-14-23)25-24(27)26-15-7-10-21(17-26)19-28-18-20-8-5-4-6-9-20/h4-6,8-9,11-14,21H,2-3,7,10,15-19H2,1H3,(H,25,27). The van der Waals surface area contributed by atoms with Gasteiger partial charge in [-0.05, 0) is 49.1 Å². The van der Waals surface area contributed by atoms with Crippen molar-refractivity contribution >= 4 is 11.7 Å². The first-order chi connectivity index (χ1) is 14.2. The van der Waals surface area contributed by atoms with E-state index in [-0.39, 0.29) is 6.03 Å². The molecule has 0 spiro atoms. The Hall–Kier alpha value is -2.53. The number of nitrogens with one attached hydrogen (secondary N) is 1. The van der Waals surface area contributed by atoms with Crippen LogP contribution in [-0.4, -0.2) is 37.2 Å². The van der Waals surface area contributed by atoms with Crippen LogP contribution in [0, 0.1) is 5.92 Å². The third kappa shape index (κ3) is 7.09. The van der Waals surface area contributed by atoms with E-state index < -0.39 is 0 Å². The molecule has 156 valence electrons. The van der Waals surface area contributed by atoms with Crippen LogP contribution in [-0.2, 0) is 11.3 Å². The molecule has 1 heterocycles. The Balaban J connectivity index is 1.41. The molecule has 1 saturated heterocycles. The lowest BCUT2D eigenvalue weighted by Crippen LogP contribution is -2.43. The summed E-state index contributed by atoms with van der Waals surface area (Å²) in [6.45, 7) is 5.70. The second-order valence-electron chi connectivity index (χ2n) is 7.61. The maximum Gasteiger partial charge on any atom is 0.321 e. The highest BCUT2D eigenvalue weighted by molar-refractivity contribution is 5.89. The smallest absolute Gasteiger partial charge is 0.321 e. The zero-order chi connectivity index (χ0) is 20.3. The predicted octanol–water partition coefficient (Wildman–Crippen LogP) is 5.33. The zero-order valence-electron chi connectivity index (χ0n) is 17.3. The van der Waals surface area contributed by atoms with Crippen LogP contribution in [0.25, 0.3) is 0 Å². The number of piperidine rings is 1. The molecule has 1 aliphatic heterocycles. The second kappa shape index (κ2) is 11.5. The first-order valence-corrected chi connectivity index (χ1v) is 10.6. The van der Waals surface area contributed by atoms with E-state index in [4.69, 9.17) is 9.47 Å². The van der Waals surface area contributed by atoms with Gasteiger partial charge in [0.15, 0.2) is 0 Å². The van der Waals surface area contributed by atoms with E-state index in [1.807, 2.05) is 47.4 Å². The number of anilines is 1. The number of urea groups is 1. The number of carbonyl (C=O) groups excluding carboxylic acids is 1. The van der Waals surface area contributed by atoms with Crippen LogP contribution in [0.3, 0.4) is 0 Å². The number of rotatable bonds is 9. The average molecular weight is 397 g/mol. The molecule has 1 atom stereocenters. The fourth-order valence-electron chi connectivity index (χ4n) is 3.47. The number of unbranched alkanes of at least 4 members (excludes halogenated alkanes) is 1. The molecule has 0 saturated carbocycles. The predicted molar refractivity (Wildman–Crippen MR) is 116 cm³/mol. The van der Waals surface area contributed by atoms with E-state index in [1.165, 1.54) is 5.56 Å². The van der Waals surface area contributed by atoms with E-state index >= 15 is 0 Å². The van der Waals surface area contributed by atoms with Crippen molar-refractivity contribution in [3.63, 3.8) is 0 Å². The molecule has 5 heteroatoms. The Morgan fingerprint density at radius 3 is 2.69 bits per heavy atom. The third-order valence-electron chi connectivity index (χ3n) is 5.14. The van der Waals surface area contributed by atoms with Crippen LogP contribution in [0.1, 0.15) is 38.2 Å². The van der Waals surface area contributed by atoms with Gasteiger partial charge in [0.25, 0.3) is 0 Å². The Kier molecular flexibility index (Phi) is 8.38. The quantitative estimate of drug-likeness (QED) is 0.583. The van der Waals surface area contributed by atoms with E-state index in [1.54, 1.807) is 0 Å². The number of amides is 2. The van der Waals surface area contributed by atoms with Crippen molar-refractivity contribution in [1.29, 1.82) is 0 Å². The normalized spacial score (nSPS) is 16.4. The molecule has 5 nitrogen and oxygen atoms in total. The first kappa shape index (κ1) is 21.2. The van der Waals surface area contributed by atoms with Crippen LogP contribution >= 0.6 is 0 Å². The Morgan fingerprint density at radius 1 is 1.14 bits per heavy atom. The van der Waals surface area contributed by atoms with Crippen LogP contribution in [0.5, 0.6) is 5.75 Å². The highest BCUT2D eigenvalue weighted by Crippen LogP contribution is 2.20. The molecule has 0 bridgehead atoms. The molecule has 3 rings (SSSR count). The lowest BCUT2D eigenvalue weighted by atomic mass is 9.99. The molecular weight excluding hydrogens is 364 g/mol. The van der Waals surface area contributed by atoms with Gasteiger partial charge in [-0.15, -0.1) is 0 Å². The minimum absolute atomic E-state index is 0.0441. The monoisotopic (exact) mass is 396 g/mol. The fourth-order valence-corrected chi connectivity index (χ4v) is 3.47. The van der Waals surface area contributed by atoms with Gasteiger partial charge in [0.1, 0.15) is 5.75 Å². The molecular formula is C24H32N2O3. The van der Waals surface area contributed by atoms with Gasteiger partial charge in [0, 0.05) is 24.7 Å². The Labute approximate surface area is 174 Å². The summed E-state index contributed by atoms with van der Waals surface area (Å²) in [4.78, 5) is 14.5. The molecule has 0 aliphatic carbocycles. The molecule has 0 aromatic heterocycles. The molecule has 29 heavy (non-hydrogen) atoms. The number of hydrogen-bond donors (Lipinski definition) is 1. The van der Waals surface area contributed by atoms with Gasteiger partial charge in [-0.2, -0.15) is 0 Å². The lowest BCUT2D eigenvalue weighted by Gasteiger charge is -2.32. The molecule has 1 unspecified atom stereocenters. The number of ether oxygens (including phenoxy) is 2. The summed E-state index contributed by atoms with van der Waals surface area (Å²) in [5.74, 6) is 1.22. The minimum atomic E-state index is -0.0441. The van der Waals surface area contributed by atoms with Gasteiger partial charge in [0.2, 0.25) is 0 Å². The first-order valence-electron chi connectivity index (χ1n) is 10.6. The summed E-state index contributed by atoms with van der Waals surface area (Å²) in [5.41, 5.74) is 1.97. The SMILES string of the molecule is CCCCOc1ccc(NC(=O)N2CCCC(COCc3ccccc3)C2)cc1. The van der Waals surface area contributed by atoms with Gasteiger partial charge >= 0.3 is 6.03 Å². The summed E-state index contributed by atoms with van der Waals surface area (Å²) in [6, 6.07) is 17.7. The highest BCUT2D eigenvalue weighted by atomic mass is 16.5. The summed E-state index contributed by atoms with van der Waals surface area (Å²) >= 11 is 0. The average Bonchev–Trinajstić information content (AvgIpc) is 2.76. The van der Waals surface area contributed by atoms with Gasteiger partial charge in [0.05, 0.1) is 19.8 Å². The van der Waals surface area contributed by atoms with Crippen molar-refractivity contribution in [2.75, 3.05) is 31.6 Å². The van der Waals surface area contributed by atoms with E-state index in [0.29, 0.717) is 19.1 Å². The van der Waals surface area contributed by atoms with Gasteiger partial charge in [-0.3, -0.25) is 0 Å². The van der Waals surface area contributed by atoms with Crippen molar-refractivity contribution in [1.82, 2.24) is 4.90 Å². The second-order valence-corrected chi connectivity index (χ2v) is 7.61. The van der Waals surface area contributed by atoms with Crippen molar-refractivity contribution in [2.24, 2.45) is 5.92 Å². The summed E-state index contributed by atoms with van der Waals surface area (Å²) < 4.78 is 11.6. The topological polar surface area (TPSA) is 50.8 Å². The van der Waals surface area contributed by atoms with Gasteiger partial charge in [-0.1, -0.05) is 43.7 Å². The lowest BCUT2D eigenvalue weighted by molar-refractivity contribution is 0.0606. The van der Waals surface area contributed by atoms with Crippen molar-refractivity contribution in [2.45, 2.75) is 39.2 Å². The summed E-state index contributed by atoms with van der Waals surface area (Å²) in [5, 5.41) is 3.00. The number of nitrogens with zero attached hydrogens (tertiary/aromatic N) is 1. The Morgan fingerprint density at radius 2 is 1.93 bits per heavy atom. The van der Waals surface area contributed by atoms with Crippen molar-refractivity contribution in [3.8, 4) is 5.75 Å². The largest absolute Gasteiger partial charge is 0.494 e. The van der Waals surface area contributed by atoms with Crippen molar-refractivity contribution < 1.29 is 14.3 Å². The number of hydrogen-bond acceptors (Lipinski definition) is 3. The van der Waals surface area contributed by atoms with E-state index in [0.717, 1.165) is 56.8 Å². The third-order valence-corrected chi connectivity index (χ3v) is 5.14. The molecule has 0 radical (unpaired) electrons. The number of likely N-dealkylation sites (tertiary alicyclic amines) is 1. The van der Waals surface area contributed by atoms with E-state index in [2.05, 4.69) is 24.4 Å². The molecule has 2 amide bonds. The summed E-state index contributed by atoms with van der Waals surface area (Å²) in [7, 11) is 0. The van der Waals surface area contributed by atoms with Crippen LogP contribution < -0.4 is 10.1 Å². The Bertz CT molecular complexity index is 734. The molecule has 2 aromatic rings. The van der Waals surface area contributed by atoms with Crippen LogP contribution in [0.2, 0.25) is 0 Å². The fraction of sp³-hybridized carbons (Fsp3) is 0.458. The highest BCUT2D eigenvalue weighted by Gasteiger charge is 2.23. The van der Waals surface area contributed by atoms with Crippen LogP contribution in [0.4, 0.5) is 10.5 Å². The zero-order valence-corrected chi connectivity index (χ0v) is 17.3. The molecule has 1 aliphatic rings. The van der Waals surface area contributed by atoms with E-state index in [9.17, 15) is 4.79 Å². The van der Waals surface area contributed by atoms with Gasteiger partial charge in [-0.25, -0.2) is 4.79 Å². The van der Waals surface area contributed by atoms with Gasteiger partial charge < -0.3 is 19.7 Å². The maximum absolute atomic E-state index is 12.6. The molecule has 1 fully saturated rings. The summed E-state index contributed by atoms with van der Waals surface area (Å²) in [6.07, 6.45) is 4.27. The maximum atomic E-state index is 12.6. The molecule has 2 aromatic carbocycles. The number of benzene rings is 2. The van der Waals surface area contributed by atoms with Crippen LogP contribution in [0.15, 0.2) is 54.6 Å².